The van der Waals surface area contributed by atoms with Crippen molar-refractivity contribution in [1.82, 2.24) is 0 Å². The van der Waals surface area contributed by atoms with Crippen molar-refractivity contribution < 1.29 is 11.4 Å². The Balaban J connectivity index is 2.81. The van der Waals surface area contributed by atoms with Crippen LogP contribution >= 0.6 is 0 Å². The monoisotopic (exact) mass is 391 g/mol. The Kier molecular flexibility index (Phi) is 3.66. The molecule has 2 rings (SSSR count). The molecule has 0 aliphatic carbocycles. The van der Waals surface area contributed by atoms with Crippen molar-refractivity contribution in [2.45, 2.75) is 58.2 Å². The van der Waals surface area contributed by atoms with Crippen LogP contribution in [0.15, 0.2) is 30.5 Å². The summed E-state index contributed by atoms with van der Waals surface area (Å²) in [5.41, 5.74) is 3.25. The molecule has 0 radical (unpaired) electrons. The average molecular weight is 390 g/mol. The van der Waals surface area contributed by atoms with E-state index in [1.54, 1.807) is 12.1 Å². The fourth-order valence-corrected chi connectivity index (χ4v) is 6.17. The Morgan fingerprint density at radius 2 is 1.83 bits per heavy atom. The number of pyridine rings is 1. The quantitative estimate of drug-likeness (QED) is 0.517. The summed E-state index contributed by atoms with van der Waals surface area (Å²) in [6.07, 6.45) is 0.613. The Labute approximate surface area is 158 Å². The van der Waals surface area contributed by atoms with Gasteiger partial charge in [-0.1, -0.05) is 0 Å². The van der Waals surface area contributed by atoms with Gasteiger partial charge in [0.2, 0.25) is 0 Å². The Hall–Kier alpha value is -1.09. The number of benzene rings is 1. The Bertz CT molecular complexity index is 919. The fraction of sp³-hybridized carbons (Fsp3) is 0.500. The molecule has 0 saturated heterocycles. The van der Waals surface area contributed by atoms with Gasteiger partial charge in [-0.15, -0.1) is 0 Å². The van der Waals surface area contributed by atoms with E-state index < -0.39 is 31.9 Å². The number of aromatic nitrogens is 1. The molecule has 1 nitrogen and oxygen atoms in total. The van der Waals surface area contributed by atoms with E-state index in [-0.39, 0.29) is 0 Å². The maximum atomic E-state index is 8.95. The normalized spacial score (nSPS) is 16.8. The minimum atomic E-state index is -2.36. The third kappa shape index (κ3) is 4.50. The molecule has 24 heavy (non-hydrogen) atoms. The summed E-state index contributed by atoms with van der Waals surface area (Å²) < 4.78 is 44.1. The zero-order valence-electron chi connectivity index (χ0n) is 21.3. The molecule has 1 aromatic heterocycles. The van der Waals surface area contributed by atoms with Crippen LogP contribution in [0.1, 0.15) is 44.3 Å². The molecule has 0 amide bonds. The molecule has 1 heterocycles. The van der Waals surface area contributed by atoms with Crippen LogP contribution in [0.25, 0.3) is 11.3 Å². The van der Waals surface area contributed by atoms with E-state index in [9.17, 15) is 0 Å². The third-order valence-electron chi connectivity index (χ3n) is 4.09. The van der Waals surface area contributed by atoms with E-state index in [1.165, 1.54) is 0 Å². The van der Waals surface area contributed by atoms with Gasteiger partial charge in [-0.25, -0.2) is 0 Å². The SMILES string of the molecule is [2H]C([2H])([2H])c1ccc(-c2cc(C([2H])([2H])C(C)(C)C)[c]([Ge]([CH3])([CH3])[CH3])c[n+]2C)c(C)c1. The van der Waals surface area contributed by atoms with E-state index in [4.69, 9.17) is 6.85 Å². The molecule has 0 atom stereocenters. The molecule has 0 bridgehead atoms. The van der Waals surface area contributed by atoms with E-state index >= 15 is 0 Å². The molecule has 2 aromatic rings. The predicted molar refractivity (Wildman–Crippen MR) is 109 cm³/mol. The van der Waals surface area contributed by atoms with Crippen LogP contribution in [0.3, 0.4) is 0 Å². The van der Waals surface area contributed by atoms with Crippen molar-refractivity contribution >= 4 is 17.7 Å². The fourth-order valence-electron chi connectivity index (χ4n) is 2.97. The van der Waals surface area contributed by atoms with E-state index in [2.05, 4.69) is 28.0 Å². The number of nitrogens with zero attached hydrogens (tertiary/aromatic N) is 1. The van der Waals surface area contributed by atoms with Gasteiger partial charge in [-0.3, -0.25) is 0 Å². The van der Waals surface area contributed by atoms with Gasteiger partial charge < -0.3 is 0 Å². The second-order valence-corrected chi connectivity index (χ2v) is 19.3. The molecule has 0 fully saturated rings. The first-order valence-corrected chi connectivity index (χ1v) is 15.9. The predicted octanol–water partition coefficient (Wildman–Crippen LogP) is 4.93. The van der Waals surface area contributed by atoms with Crippen LogP contribution in [0, 0.1) is 19.2 Å². The van der Waals surface area contributed by atoms with Gasteiger partial charge in [0.15, 0.2) is 0 Å². The molecule has 0 aliphatic rings. The molecule has 0 aliphatic heterocycles. The Morgan fingerprint density at radius 1 is 1.17 bits per heavy atom. The summed E-state index contributed by atoms with van der Waals surface area (Å²) in [5, 5.41) is 0. The molecule has 0 saturated carbocycles. The van der Waals surface area contributed by atoms with Gasteiger partial charge in [-0.2, -0.15) is 0 Å². The van der Waals surface area contributed by atoms with E-state index in [0.717, 1.165) is 26.8 Å². The zero-order valence-corrected chi connectivity index (χ0v) is 18.4. The molecular formula is C22H34GeN+. The number of rotatable bonds is 3. The molecule has 2 heteroatoms. The summed E-state index contributed by atoms with van der Waals surface area (Å²) in [6.45, 7) is 5.60. The first-order chi connectivity index (χ1) is 12.9. The standard InChI is InChI=1S/C22H34GeN/c1-16-10-11-19(17(2)12-16)21-13-18(14-22(3,4)5)20(15-24(21)9)23(6,7)8/h10-13,15H,14H2,1-9H3/q+1/i1D3,14D2. The van der Waals surface area contributed by atoms with Gasteiger partial charge in [-0.05, 0) is 0 Å². The van der Waals surface area contributed by atoms with Gasteiger partial charge in [0.1, 0.15) is 0 Å². The van der Waals surface area contributed by atoms with Gasteiger partial charge in [0.05, 0.1) is 0 Å². The maximum absolute atomic E-state index is 8.95. The first-order valence-electron chi connectivity index (χ1n) is 11.0. The number of hydrogen-bond acceptors (Lipinski definition) is 0. The van der Waals surface area contributed by atoms with Gasteiger partial charge in [0, 0.05) is 0 Å². The summed E-state index contributed by atoms with van der Waals surface area (Å²) in [5.74, 6) is 6.86. The van der Waals surface area contributed by atoms with Crippen LogP contribution in [-0.2, 0) is 13.4 Å². The van der Waals surface area contributed by atoms with E-state index in [0.29, 0.717) is 5.56 Å². The molecule has 0 unspecified atom stereocenters. The van der Waals surface area contributed by atoms with Crippen molar-refractivity contribution in [1.29, 1.82) is 0 Å². The first kappa shape index (κ1) is 13.2. The van der Waals surface area contributed by atoms with Crippen molar-refractivity contribution in [2.24, 2.45) is 12.5 Å². The van der Waals surface area contributed by atoms with Gasteiger partial charge in [0.25, 0.3) is 0 Å². The number of hydrogen-bond donors (Lipinski definition) is 0. The summed E-state index contributed by atoms with van der Waals surface area (Å²) in [7, 11) is 1.99. The molecule has 0 spiro atoms. The molecular weight excluding hydrogens is 351 g/mol. The van der Waals surface area contributed by atoms with Gasteiger partial charge >= 0.3 is 158 Å². The van der Waals surface area contributed by atoms with Crippen LogP contribution in [0.2, 0.25) is 17.3 Å². The average Bonchev–Trinajstić information content (AvgIpc) is 2.52. The molecule has 1 aromatic carbocycles. The minimum absolute atomic E-state index is 0.327. The summed E-state index contributed by atoms with van der Waals surface area (Å²) in [4.78, 5) is 0. The van der Waals surface area contributed by atoms with Crippen molar-refractivity contribution in [3.63, 3.8) is 0 Å². The molecule has 130 valence electrons. The third-order valence-corrected chi connectivity index (χ3v) is 8.32. The van der Waals surface area contributed by atoms with Crippen molar-refractivity contribution in [3.8, 4) is 11.3 Å². The van der Waals surface area contributed by atoms with Crippen LogP contribution < -0.4 is 8.96 Å². The van der Waals surface area contributed by atoms with E-state index in [1.807, 2.05) is 46.9 Å². The summed E-state index contributed by atoms with van der Waals surface area (Å²) in [6, 6.07) is 7.22. The number of aryl methyl sites for hydroxylation is 3. The topological polar surface area (TPSA) is 3.88 Å². The second-order valence-electron chi connectivity index (χ2n) is 8.75. The van der Waals surface area contributed by atoms with Crippen LogP contribution in [-0.4, -0.2) is 13.3 Å². The molecule has 0 N–H and O–H groups in total. The van der Waals surface area contributed by atoms with Crippen LogP contribution in [0.5, 0.6) is 0 Å². The zero-order chi connectivity index (χ0) is 22.6. The van der Waals surface area contributed by atoms with Crippen molar-refractivity contribution in [3.05, 3.63) is 47.2 Å². The summed E-state index contributed by atoms with van der Waals surface area (Å²) >= 11 is -2.36. The second kappa shape index (κ2) is 6.67. The van der Waals surface area contributed by atoms with Crippen molar-refractivity contribution in [2.75, 3.05) is 0 Å². The Morgan fingerprint density at radius 3 is 2.33 bits per heavy atom. The van der Waals surface area contributed by atoms with Crippen LogP contribution in [0.4, 0.5) is 0 Å².